The number of aromatic nitrogens is 2. The number of anilines is 1. The molecule has 1 amide bonds. The molecule has 0 radical (unpaired) electrons. The maximum absolute atomic E-state index is 14.0. The molecule has 0 spiro atoms. The van der Waals surface area contributed by atoms with E-state index >= 15 is 0 Å². The summed E-state index contributed by atoms with van der Waals surface area (Å²) in [7, 11) is 1.54. The van der Waals surface area contributed by atoms with Crippen LogP contribution >= 0.6 is 0 Å². The highest BCUT2D eigenvalue weighted by Crippen LogP contribution is 2.59. The molecule has 5 N–H and O–H groups in total. The normalized spacial score (nSPS) is 25.0. The number of nitrogen functional groups attached to an aromatic ring is 1. The summed E-state index contributed by atoms with van der Waals surface area (Å²) in [6.07, 6.45) is 2.34. The standard InChI is InChI=1S/C26H26N4O5/c1-12(14-7-8-14)15-9-10-16-19(11-15)35-26(34)17-5-4-6-18(27)20(17)22(31)25(16,26)29-23(32)21-13(2)30(3)24(33)28-21/h4-6,9-12,14,34H,7-8,27H2,1-3H3,(H,28,33)(H,29,32)/t12-,25?,26+/m1/s1. The third-order valence-electron chi connectivity index (χ3n) is 7.99. The van der Waals surface area contributed by atoms with Gasteiger partial charge >= 0.3 is 5.69 Å². The third-order valence-corrected chi connectivity index (χ3v) is 7.99. The SMILES string of the molecule is Cc1c(C(=O)NC23C(=O)c4c(N)cccc4[C@]2(O)Oc2cc([C@H](C)C4CC4)ccc23)[nH]c(=O)n1C. The first-order valence-corrected chi connectivity index (χ1v) is 11.7. The predicted octanol–water partition coefficient (Wildman–Crippen LogP) is 2.18. The number of benzene rings is 2. The van der Waals surface area contributed by atoms with Crippen LogP contribution < -0.4 is 21.5 Å². The van der Waals surface area contributed by atoms with Gasteiger partial charge in [-0.15, -0.1) is 0 Å². The van der Waals surface area contributed by atoms with Crippen molar-refractivity contribution in [3.05, 3.63) is 80.5 Å². The number of imidazole rings is 1. The Kier molecular flexibility index (Phi) is 4.24. The molecule has 1 fully saturated rings. The van der Waals surface area contributed by atoms with Crippen LogP contribution in [0.2, 0.25) is 0 Å². The topological polar surface area (TPSA) is 139 Å². The molecular formula is C26H26N4O5. The van der Waals surface area contributed by atoms with Crippen molar-refractivity contribution in [2.45, 2.75) is 43.9 Å². The number of aromatic amines is 1. The van der Waals surface area contributed by atoms with Crippen molar-refractivity contribution < 1.29 is 19.4 Å². The van der Waals surface area contributed by atoms with Crippen LogP contribution in [0.3, 0.4) is 0 Å². The zero-order valence-electron chi connectivity index (χ0n) is 19.6. The smallest absolute Gasteiger partial charge is 0.326 e. The average molecular weight is 475 g/mol. The lowest BCUT2D eigenvalue weighted by Crippen LogP contribution is -2.60. The van der Waals surface area contributed by atoms with E-state index in [2.05, 4.69) is 17.2 Å². The molecule has 3 atom stereocenters. The maximum atomic E-state index is 14.0. The number of ether oxygens (including phenoxy) is 1. The summed E-state index contributed by atoms with van der Waals surface area (Å²) in [6.45, 7) is 3.77. The Hall–Kier alpha value is -3.85. The minimum absolute atomic E-state index is 0.00150. The van der Waals surface area contributed by atoms with Gasteiger partial charge in [0, 0.05) is 29.6 Å². The van der Waals surface area contributed by atoms with Crippen LogP contribution in [0.4, 0.5) is 5.69 Å². The number of H-pyrrole nitrogens is 1. The van der Waals surface area contributed by atoms with Crippen molar-refractivity contribution in [2.75, 3.05) is 5.73 Å². The molecule has 35 heavy (non-hydrogen) atoms. The fourth-order valence-corrected chi connectivity index (χ4v) is 5.59. The lowest BCUT2D eigenvalue weighted by molar-refractivity contribution is -0.169. The lowest BCUT2D eigenvalue weighted by Gasteiger charge is -2.34. The Bertz CT molecular complexity index is 1500. The fourth-order valence-electron chi connectivity index (χ4n) is 5.59. The number of carbonyl (C=O) groups excluding carboxylic acids is 2. The molecule has 180 valence electrons. The van der Waals surface area contributed by atoms with Crippen molar-refractivity contribution in [3.63, 3.8) is 0 Å². The molecule has 9 nitrogen and oxygen atoms in total. The number of nitrogens with two attached hydrogens (primary N) is 1. The number of Topliss-reactive ketones (excluding diaryl/α,β-unsaturated/α-hetero) is 1. The number of hydrogen-bond acceptors (Lipinski definition) is 6. The first-order chi connectivity index (χ1) is 16.6. The molecular weight excluding hydrogens is 448 g/mol. The van der Waals surface area contributed by atoms with Gasteiger partial charge < -0.3 is 25.9 Å². The van der Waals surface area contributed by atoms with E-state index in [9.17, 15) is 19.5 Å². The summed E-state index contributed by atoms with van der Waals surface area (Å²) in [5.74, 6) is -2.26. The summed E-state index contributed by atoms with van der Waals surface area (Å²) >= 11 is 0. The minimum Gasteiger partial charge on any atom is -0.454 e. The van der Waals surface area contributed by atoms with Crippen LogP contribution in [0, 0.1) is 12.8 Å². The Morgan fingerprint density at radius 2 is 2.00 bits per heavy atom. The molecule has 1 aromatic heterocycles. The van der Waals surface area contributed by atoms with Gasteiger partial charge in [0.05, 0.1) is 5.56 Å². The first-order valence-electron chi connectivity index (χ1n) is 11.7. The molecule has 2 heterocycles. The molecule has 9 heteroatoms. The fraction of sp³-hybridized carbons (Fsp3) is 0.346. The van der Waals surface area contributed by atoms with E-state index in [0.717, 1.165) is 5.56 Å². The van der Waals surface area contributed by atoms with Gasteiger partial charge in [0.1, 0.15) is 11.4 Å². The number of nitrogens with zero attached hydrogens (tertiary/aromatic N) is 1. The van der Waals surface area contributed by atoms with E-state index in [1.807, 2.05) is 12.1 Å². The molecule has 3 aliphatic rings. The molecule has 1 unspecified atom stereocenters. The van der Waals surface area contributed by atoms with Gasteiger partial charge in [0.2, 0.25) is 11.3 Å². The third kappa shape index (κ3) is 2.64. The van der Waals surface area contributed by atoms with Gasteiger partial charge in [-0.05, 0) is 49.3 Å². The zero-order chi connectivity index (χ0) is 24.9. The molecule has 0 bridgehead atoms. The Labute approximate surface area is 200 Å². The largest absolute Gasteiger partial charge is 0.454 e. The van der Waals surface area contributed by atoms with Gasteiger partial charge in [0.25, 0.3) is 11.7 Å². The van der Waals surface area contributed by atoms with Crippen LogP contribution in [-0.2, 0) is 18.4 Å². The van der Waals surface area contributed by atoms with E-state index < -0.39 is 28.7 Å². The highest BCUT2D eigenvalue weighted by molar-refractivity contribution is 6.16. The number of hydrogen-bond donors (Lipinski definition) is 4. The van der Waals surface area contributed by atoms with E-state index in [0.29, 0.717) is 28.8 Å². The van der Waals surface area contributed by atoms with E-state index in [1.54, 1.807) is 31.2 Å². The van der Waals surface area contributed by atoms with Crippen LogP contribution in [0.1, 0.15) is 68.9 Å². The van der Waals surface area contributed by atoms with Crippen LogP contribution in [0.25, 0.3) is 0 Å². The van der Waals surface area contributed by atoms with E-state index in [1.165, 1.54) is 24.5 Å². The van der Waals surface area contributed by atoms with Crippen molar-refractivity contribution in [1.82, 2.24) is 14.9 Å². The van der Waals surface area contributed by atoms with Crippen molar-refractivity contribution in [3.8, 4) is 5.75 Å². The first kappa shape index (κ1) is 21.7. The predicted molar refractivity (Wildman–Crippen MR) is 127 cm³/mol. The number of fused-ring (bicyclic) bond motifs is 5. The number of carbonyl (C=O) groups is 2. The number of amides is 1. The van der Waals surface area contributed by atoms with E-state index in [4.69, 9.17) is 10.5 Å². The molecule has 1 saturated carbocycles. The zero-order valence-corrected chi connectivity index (χ0v) is 19.6. The quantitative estimate of drug-likeness (QED) is 0.428. The summed E-state index contributed by atoms with van der Waals surface area (Å²) in [4.78, 5) is 42.2. The second-order valence-electron chi connectivity index (χ2n) is 9.88. The van der Waals surface area contributed by atoms with Gasteiger partial charge in [0.15, 0.2) is 0 Å². The Morgan fingerprint density at radius 1 is 1.26 bits per heavy atom. The second-order valence-corrected chi connectivity index (χ2v) is 9.88. The molecule has 2 aromatic carbocycles. The van der Waals surface area contributed by atoms with Crippen molar-refractivity contribution >= 4 is 17.4 Å². The lowest BCUT2D eigenvalue weighted by atomic mass is 9.81. The van der Waals surface area contributed by atoms with Gasteiger partial charge in [-0.25, -0.2) is 4.79 Å². The Morgan fingerprint density at radius 3 is 2.66 bits per heavy atom. The molecule has 2 aliphatic carbocycles. The molecule has 1 aliphatic heterocycles. The molecule has 6 rings (SSSR count). The number of aliphatic hydroxyl groups is 1. The van der Waals surface area contributed by atoms with Crippen molar-refractivity contribution in [1.29, 1.82) is 0 Å². The summed E-state index contributed by atoms with van der Waals surface area (Å²) in [5, 5.41) is 14.8. The van der Waals surface area contributed by atoms with Crippen LogP contribution in [-0.4, -0.2) is 26.3 Å². The van der Waals surface area contributed by atoms with Gasteiger partial charge in [-0.3, -0.25) is 14.2 Å². The Balaban J connectivity index is 1.54. The highest BCUT2D eigenvalue weighted by Gasteiger charge is 2.72. The molecule has 3 aromatic rings. The van der Waals surface area contributed by atoms with Crippen molar-refractivity contribution in [2.24, 2.45) is 13.0 Å². The maximum Gasteiger partial charge on any atom is 0.326 e. The van der Waals surface area contributed by atoms with E-state index in [-0.39, 0.29) is 22.5 Å². The number of nitrogens with one attached hydrogen (secondary N) is 2. The minimum atomic E-state index is -2.21. The summed E-state index contributed by atoms with van der Waals surface area (Å²) < 4.78 is 7.45. The van der Waals surface area contributed by atoms with Crippen LogP contribution in [0.15, 0.2) is 41.2 Å². The molecule has 0 saturated heterocycles. The summed E-state index contributed by atoms with van der Waals surface area (Å²) in [5.41, 5.74) is 5.95. The summed E-state index contributed by atoms with van der Waals surface area (Å²) in [6, 6.07) is 10.3. The number of rotatable bonds is 4. The highest BCUT2D eigenvalue weighted by atomic mass is 16.6. The van der Waals surface area contributed by atoms with Gasteiger partial charge in [-0.2, -0.15) is 0 Å². The van der Waals surface area contributed by atoms with Crippen LogP contribution in [0.5, 0.6) is 5.75 Å². The van der Waals surface area contributed by atoms with Gasteiger partial charge in [-0.1, -0.05) is 31.2 Å². The average Bonchev–Trinajstić information content (AvgIpc) is 3.57. The monoisotopic (exact) mass is 474 g/mol. The number of ketones is 1. The second kappa shape index (κ2) is 6.85.